The maximum absolute atomic E-state index is 12.0. The molecule has 0 aromatic rings. The fourth-order valence-corrected chi connectivity index (χ4v) is 2.70. The zero-order valence-corrected chi connectivity index (χ0v) is 10.7. The Labute approximate surface area is 102 Å². The largest absolute Gasteiger partial charge is 0.444 e. The van der Waals surface area contributed by atoms with E-state index in [1.54, 1.807) is 9.80 Å². The zero-order valence-electron chi connectivity index (χ0n) is 10.7. The van der Waals surface area contributed by atoms with Crippen LogP contribution in [0.1, 0.15) is 33.6 Å². The number of hydrogen-bond donors (Lipinski definition) is 0. The summed E-state index contributed by atoms with van der Waals surface area (Å²) >= 11 is 0. The third-order valence-corrected chi connectivity index (χ3v) is 3.38. The molecule has 0 N–H and O–H groups in total. The van der Waals surface area contributed by atoms with Crippen LogP contribution < -0.4 is 0 Å². The van der Waals surface area contributed by atoms with Gasteiger partial charge in [-0.25, -0.2) is 4.79 Å². The lowest BCUT2D eigenvalue weighted by atomic mass is 10.1. The molecule has 2 aliphatic heterocycles. The standard InChI is InChI=1S/C12H20N2O3/c1-12(2,3)17-11(16)14-7-5-9-10(14)4-6-13(9)8-15/h8-10H,4-7H2,1-3H3/t9-,10-/m1/s1. The van der Waals surface area contributed by atoms with Crippen molar-refractivity contribution in [2.75, 3.05) is 13.1 Å². The van der Waals surface area contributed by atoms with Gasteiger partial charge in [0.05, 0.1) is 12.1 Å². The number of likely N-dealkylation sites (tertiary alicyclic amines) is 2. The van der Waals surface area contributed by atoms with Crippen LogP contribution in [-0.2, 0) is 9.53 Å². The van der Waals surface area contributed by atoms with Crippen LogP contribution in [0.4, 0.5) is 4.79 Å². The first-order valence-electron chi connectivity index (χ1n) is 6.13. The number of nitrogens with zero attached hydrogens (tertiary/aromatic N) is 2. The first-order valence-corrected chi connectivity index (χ1v) is 6.13. The van der Waals surface area contributed by atoms with Gasteiger partial charge in [-0.1, -0.05) is 0 Å². The van der Waals surface area contributed by atoms with Crippen molar-refractivity contribution < 1.29 is 14.3 Å². The van der Waals surface area contributed by atoms with E-state index in [-0.39, 0.29) is 18.2 Å². The highest BCUT2D eigenvalue weighted by molar-refractivity contribution is 5.69. The Morgan fingerprint density at radius 3 is 2.47 bits per heavy atom. The molecule has 0 aliphatic carbocycles. The van der Waals surface area contributed by atoms with Crippen LogP contribution in [-0.4, -0.2) is 53.1 Å². The van der Waals surface area contributed by atoms with Crippen molar-refractivity contribution in [1.29, 1.82) is 0 Å². The monoisotopic (exact) mass is 240 g/mol. The number of carbonyl (C=O) groups excluding carboxylic acids is 2. The van der Waals surface area contributed by atoms with Gasteiger partial charge in [0, 0.05) is 13.1 Å². The van der Waals surface area contributed by atoms with E-state index < -0.39 is 5.60 Å². The lowest BCUT2D eigenvalue weighted by molar-refractivity contribution is -0.118. The number of fused-ring (bicyclic) bond motifs is 1. The second-order valence-corrected chi connectivity index (χ2v) is 5.73. The minimum atomic E-state index is -0.460. The third-order valence-electron chi connectivity index (χ3n) is 3.38. The Balaban J connectivity index is 2.01. The second kappa shape index (κ2) is 4.20. The average Bonchev–Trinajstić information content (AvgIpc) is 2.73. The van der Waals surface area contributed by atoms with Gasteiger partial charge in [0.25, 0.3) is 0 Å². The molecule has 0 unspecified atom stereocenters. The van der Waals surface area contributed by atoms with Gasteiger partial charge < -0.3 is 14.5 Å². The third kappa shape index (κ3) is 2.37. The number of hydrogen-bond acceptors (Lipinski definition) is 3. The molecular formula is C12H20N2O3. The molecule has 0 spiro atoms. The Bertz CT molecular complexity index is 324. The predicted molar refractivity (Wildman–Crippen MR) is 62.5 cm³/mol. The Hall–Kier alpha value is -1.26. The summed E-state index contributed by atoms with van der Waals surface area (Å²) in [7, 11) is 0. The highest BCUT2D eigenvalue weighted by Crippen LogP contribution is 2.31. The van der Waals surface area contributed by atoms with Gasteiger partial charge in [-0.15, -0.1) is 0 Å². The van der Waals surface area contributed by atoms with Crippen molar-refractivity contribution in [1.82, 2.24) is 9.80 Å². The lowest BCUT2D eigenvalue weighted by Crippen LogP contribution is -2.42. The SMILES string of the molecule is CC(C)(C)OC(=O)N1CC[C@@H]2[C@H]1CCN2C=O. The van der Waals surface area contributed by atoms with E-state index in [0.29, 0.717) is 6.54 Å². The molecule has 2 heterocycles. The molecule has 2 aliphatic rings. The molecule has 96 valence electrons. The van der Waals surface area contributed by atoms with Gasteiger partial charge in [-0.3, -0.25) is 4.79 Å². The summed E-state index contributed by atoms with van der Waals surface area (Å²) in [6, 6.07) is 0.343. The van der Waals surface area contributed by atoms with E-state index in [0.717, 1.165) is 25.8 Å². The summed E-state index contributed by atoms with van der Waals surface area (Å²) in [6.45, 7) is 7.03. The van der Waals surface area contributed by atoms with Gasteiger partial charge in [0.1, 0.15) is 5.60 Å². The van der Waals surface area contributed by atoms with Crippen LogP contribution in [0.2, 0.25) is 0 Å². The van der Waals surface area contributed by atoms with Crippen LogP contribution in [0.15, 0.2) is 0 Å². The summed E-state index contributed by atoms with van der Waals surface area (Å²) in [5.41, 5.74) is -0.460. The number of carbonyl (C=O) groups is 2. The smallest absolute Gasteiger partial charge is 0.410 e. The van der Waals surface area contributed by atoms with E-state index in [1.807, 2.05) is 20.8 Å². The summed E-state index contributed by atoms with van der Waals surface area (Å²) < 4.78 is 5.38. The van der Waals surface area contributed by atoms with Crippen molar-refractivity contribution >= 4 is 12.5 Å². The van der Waals surface area contributed by atoms with Crippen molar-refractivity contribution in [2.24, 2.45) is 0 Å². The maximum Gasteiger partial charge on any atom is 0.410 e. The molecule has 0 aromatic heterocycles. The topological polar surface area (TPSA) is 49.9 Å². The molecule has 2 rings (SSSR count). The molecule has 0 aromatic carbocycles. The second-order valence-electron chi connectivity index (χ2n) is 5.73. The molecule has 5 nitrogen and oxygen atoms in total. The molecule has 17 heavy (non-hydrogen) atoms. The highest BCUT2D eigenvalue weighted by atomic mass is 16.6. The minimum Gasteiger partial charge on any atom is -0.444 e. The van der Waals surface area contributed by atoms with Crippen LogP contribution in [0, 0.1) is 0 Å². The summed E-state index contributed by atoms with van der Waals surface area (Å²) in [4.78, 5) is 26.4. The molecular weight excluding hydrogens is 220 g/mol. The summed E-state index contributed by atoms with van der Waals surface area (Å²) in [5.74, 6) is 0. The van der Waals surface area contributed by atoms with Crippen LogP contribution in [0.5, 0.6) is 0 Å². The minimum absolute atomic E-state index is 0.148. The number of ether oxygens (including phenoxy) is 1. The van der Waals surface area contributed by atoms with Crippen molar-refractivity contribution in [3.05, 3.63) is 0 Å². The fraction of sp³-hybridized carbons (Fsp3) is 0.833. The Morgan fingerprint density at radius 1 is 1.24 bits per heavy atom. The van der Waals surface area contributed by atoms with E-state index >= 15 is 0 Å². The molecule has 2 atom stereocenters. The quantitative estimate of drug-likeness (QED) is 0.648. The Morgan fingerprint density at radius 2 is 1.88 bits per heavy atom. The van der Waals surface area contributed by atoms with Gasteiger partial charge >= 0.3 is 6.09 Å². The Kier molecular flexibility index (Phi) is 3.02. The number of amides is 2. The molecule has 2 fully saturated rings. The van der Waals surface area contributed by atoms with Crippen LogP contribution >= 0.6 is 0 Å². The normalized spacial score (nSPS) is 28.2. The van der Waals surface area contributed by atoms with E-state index in [9.17, 15) is 9.59 Å². The van der Waals surface area contributed by atoms with E-state index in [2.05, 4.69) is 0 Å². The molecule has 5 heteroatoms. The van der Waals surface area contributed by atoms with Crippen molar-refractivity contribution in [2.45, 2.75) is 51.3 Å². The van der Waals surface area contributed by atoms with E-state index in [4.69, 9.17) is 4.74 Å². The van der Waals surface area contributed by atoms with Gasteiger partial charge in [-0.05, 0) is 33.6 Å². The highest BCUT2D eigenvalue weighted by Gasteiger charge is 2.45. The molecule has 2 saturated heterocycles. The maximum atomic E-state index is 12.0. The van der Waals surface area contributed by atoms with Gasteiger partial charge in [0.15, 0.2) is 0 Å². The predicted octanol–water partition coefficient (Wildman–Crippen LogP) is 1.23. The summed E-state index contributed by atoms with van der Waals surface area (Å²) in [5, 5.41) is 0. The first kappa shape index (κ1) is 12.2. The van der Waals surface area contributed by atoms with Crippen LogP contribution in [0.3, 0.4) is 0 Å². The molecule has 0 saturated carbocycles. The molecule has 0 radical (unpaired) electrons. The fourth-order valence-electron chi connectivity index (χ4n) is 2.70. The molecule has 2 amide bonds. The van der Waals surface area contributed by atoms with Gasteiger partial charge in [-0.2, -0.15) is 0 Å². The van der Waals surface area contributed by atoms with Gasteiger partial charge in [0.2, 0.25) is 6.41 Å². The first-order chi connectivity index (χ1) is 7.92. The zero-order chi connectivity index (χ0) is 12.6. The summed E-state index contributed by atoms with van der Waals surface area (Å²) in [6.07, 6.45) is 2.37. The van der Waals surface area contributed by atoms with Crippen molar-refractivity contribution in [3.8, 4) is 0 Å². The lowest BCUT2D eigenvalue weighted by Gasteiger charge is -2.28. The molecule has 0 bridgehead atoms. The van der Waals surface area contributed by atoms with Crippen LogP contribution in [0.25, 0.3) is 0 Å². The van der Waals surface area contributed by atoms with E-state index in [1.165, 1.54) is 0 Å². The number of rotatable bonds is 1. The average molecular weight is 240 g/mol. The van der Waals surface area contributed by atoms with Crippen molar-refractivity contribution in [3.63, 3.8) is 0 Å².